The Labute approximate surface area is 90.6 Å². The minimum absolute atomic E-state index is 0.0480. The molecule has 1 aromatic rings. The fraction of sp³-hybridized carbons (Fsp3) is 0.545. The number of nitrogens with zero attached hydrogens (tertiary/aromatic N) is 1. The van der Waals surface area contributed by atoms with E-state index in [-0.39, 0.29) is 6.10 Å². The van der Waals surface area contributed by atoms with E-state index in [1.165, 1.54) is 0 Å². The number of ether oxygens (including phenoxy) is 2. The van der Waals surface area contributed by atoms with Gasteiger partial charge in [-0.1, -0.05) is 0 Å². The van der Waals surface area contributed by atoms with Gasteiger partial charge in [0.25, 0.3) is 0 Å². The first-order chi connectivity index (χ1) is 7.26. The highest BCUT2D eigenvalue weighted by atomic mass is 16.5. The Morgan fingerprint density at radius 1 is 1.53 bits per heavy atom. The van der Waals surface area contributed by atoms with Crippen molar-refractivity contribution in [2.24, 2.45) is 0 Å². The fourth-order valence-electron chi connectivity index (χ4n) is 1.26. The van der Waals surface area contributed by atoms with Gasteiger partial charge in [0.1, 0.15) is 17.7 Å². The zero-order chi connectivity index (χ0) is 11.1. The van der Waals surface area contributed by atoms with Gasteiger partial charge < -0.3 is 14.8 Å². The number of aromatic nitrogens is 1. The van der Waals surface area contributed by atoms with Gasteiger partial charge in [0.05, 0.1) is 6.61 Å². The summed E-state index contributed by atoms with van der Waals surface area (Å²) in [7, 11) is 1.66. The number of pyridine rings is 1. The Kier molecular flexibility index (Phi) is 4.90. The van der Waals surface area contributed by atoms with Gasteiger partial charge in [-0.05, 0) is 19.9 Å². The summed E-state index contributed by atoms with van der Waals surface area (Å²) in [5.74, 6) is 1.64. The van der Waals surface area contributed by atoms with E-state index < -0.39 is 0 Å². The van der Waals surface area contributed by atoms with Gasteiger partial charge in [0, 0.05) is 25.9 Å². The molecule has 0 aromatic carbocycles. The van der Waals surface area contributed by atoms with Gasteiger partial charge in [-0.2, -0.15) is 0 Å². The molecule has 0 fully saturated rings. The highest BCUT2D eigenvalue weighted by molar-refractivity contribution is 5.40. The monoisotopic (exact) mass is 210 g/mol. The summed E-state index contributed by atoms with van der Waals surface area (Å²) in [5.41, 5.74) is 0. The van der Waals surface area contributed by atoms with Crippen LogP contribution >= 0.6 is 0 Å². The van der Waals surface area contributed by atoms with Gasteiger partial charge in [-0.3, -0.25) is 0 Å². The molecule has 0 spiro atoms. The van der Waals surface area contributed by atoms with Crippen molar-refractivity contribution in [3.8, 4) is 5.75 Å². The lowest BCUT2D eigenvalue weighted by Gasteiger charge is -2.14. The predicted molar refractivity (Wildman–Crippen MR) is 60.4 cm³/mol. The van der Waals surface area contributed by atoms with Crippen molar-refractivity contribution in [3.63, 3.8) is 0 Å². The molecule has 1 atom stereocenters. The van der Waals surface area contributed by atoms with Crippen LogP contribution < -0.4 is 10.1 Å². The summed E-state index contributed by atoms with van der Waals surface area (Å²) in [6.07, 6.45) is 1.78. The Balaban J connectivity index is 2.56. The van der Waals surface area contributed by atoms with Crippen LogP contribution in [-0.2, 0) is 4.74 Å². The minimum Gasteiger partial charge on any atom is -0.488 e. The molecule has 4 heteroatoms. The molecule has 15 heavy (non-hydrogen) atoms. The normalized spacial score (nSPS) is 12.2. The van der Waals surface area contributed by atoms with Crippen LogP contribution in [0, 0.1) is 0 Å². The van der Waals surface area contributed by atoms with Crippen LogP contribution in [0.15, 0.2) is 18.3 Å². The van der Waals surface area contributed by atoms with Crippen LogP contribution in [0.4, 0.5) is 5.82 Å². The van der Waals surface area contributed by atoms with Crippen LogP contribution in [0.25, 0.3) is 0 Å². The van der Waals surface area contributed by atoms with Crippen LogP contribution in [0.1, 0.15) is 13.8 Å². The lowest BCUT2D eigenvalue weighted by molar-refractivity contribution is 0.0921. The smallest absolute Gasteiger partial charge is 0.129 e. The van der Waals surface area contributed by atoms with Crippen molar-refractivity contribution in [3.05, 3.63) is 18.3 Å². The minimum atomic E-state index is 0.0480. The predicted octanol–water partition coefficient (Wildman–Crippen LogP) is 1.93. The number of hydrogen-bond acceptors (Lipinski definition) is 4. The molecule has 0 aliphatic heterocycles. The molecule has 1 rings (SSSR count). The molecule has 0 saturated heterocycles. The van der Waals surface area contributed by atoms with Crippen molar-refractivity contribution in [1.82, 2.24) is 4.98 Å². The van der Waals surface area contributed by atoms with Crippen LogP contribution in [-0.4, -0.2) is 31.3 Å². The highest BCUT2D eigenvalue weighted by Gasteiger charge is 2.03. The van der Waals surface area contributed by atoms with E-state index in [2.05, 4.69) is 10.3 Å². The summed E-state index contributed by atoms with van der Waals surface area (Å²) in [6.45, 7) is 5.43. The van der Waals surface area contributed by atoms with E-state index in [0.717, 1.165) is 18.1 Å². The van der Waals surface area contributed by atoms with Crippen molar-refractivity contribution in [2.45, 2.75) is 20.0 Å². The van der Waals surface area contributed by atoms with Crippen molar-refractivity contribution in [1.29, 1.82) is 0 Å². The first-order valence-corrected chi connectivity index (χ1v) is 5.11. The number of hydrogen-bond donors (Lipinski definition) is 1. The summed E-state index contributed by atoms with van der Waals surface area (Å²) < 4.78 is 10.6. The molecule has 1 aromatic heterocycles. The molecule has 0 radical (unpaired) electrons. The van der Waals surface area contributed by atoms with Gasteiger partial charge in [0.15, 0.2) is 0 Å². The first kappa shape index (κ1) is 11.8. The number of anilines is 1. The summed E-state index contributed by atoms with van der Waals surface area (Å²) in [5, 5.41) is 3.13. The van der Waals surface area contributed by atoms with Gasteiger partial charge in [-0.25, -0.2) is 4.98 Å². The molecular formula is C11H18N2O2. The topological polar surface area (TPSA) is 43.4 Å². The maximum absolute atomic E-state index is 5.64. The molecule has 0 aliphatic rings. The molecule has 4 nitrogen and oxygen atoms in total. The zero-order valence-corrected chi connectivity index (χ0v) is 9.49. The molecule has 0 bridgehead atoms. The highest BCUT2D eigenvalue weighted by Crippen LogP contribution is 2.15. The SMILES string of the molecule is CCNc1cc(OC(C)COC)ccn1. The Hall–Kier alpha value is -1.29. The van der Waals surface area contributed by atoms with Crippen LogP contribution in [0.3, 0.4) is 0 Å². The van der Waals surface area contributed by atoms with E-state index >= 15 is 0 Å². The number of methoxy groups -OCH3 is 1. The lowest BCUT2D eigenvalue weighted by atomic mass is 10.4. The molecule has 0 amide bonds. The average molecular weight is 210 g/mol. The largest absolute Gasteiger partial charge is 0.488 e. The summed E-state index contributed by atoms with van der Waals surface area (Å²) >= 11 is 0. The number of nitrogens with one attached hydrogen (secondary N) is 1. The third-order valence-corrected chi connectivity index (χ3v) is 1.83. The van der Waals surface area contributed by atoms with Crippen LogP contribution in [0.2, 0.25) is 0 Å². The molecule has 0 saturated carbocycles. The molecule has 84 valence electrons. The molecule has 1 N–H and O–H groups in total. The standard InChI is InChI=1S/C11H18N2O2/c1-4-12-11-7-10(5-6-13-11)15-9(2)8-14-3/h5-7,9H,4,8H2,1-3H3,(H,12,13). The molecular weight excluding hydrogens is 192 g/mol. The molecule has 1 heterocycles. The second kappa shape index (κ2) is 6.24. The maximum atomic E-state index is 5.64. The van der Waals surface area contributed by atoms with Gasteiger partial charge in [0.2, 0.25) is 0 Å². The quantitative estimate of drug-likeness (QED) is 0.779. The molecule has 0 aliphatic carbocycles. The van der Waals surface area contributed by atoms with Crippen LogP contribution in [0.5, 0.6) is 5.75 Å². The summed E-state index contributed by atoms with van der Waals surface area (Å²) in [4.78, 5) is 4.16. The second-order valence-corrected chi connectivity index (χ2v) is 3.29. The molecule has 1 unspecified atom stereocenters. The lowest BCUT2D eigenvalue weighted by Crippen LogP contribution is -2.18. The van der Waals surface area contributed by atoms with Crippen molar-refractivity contribution >= 4 is 5.82 Å². The second-order valence-electron chi connectivity index (χ2n) is 3.29. The number of rotatable bonds is 6. The third-order valence-electron chi connectivity index (χ3n) is 1.83. The third kappa shape index (κ3) is 4.16. The summed E-state index contributed by atoms with van der Waals surface area (Å²) in [6, 6.07) is 3.72. The van der Waals surface area contributed by atoms with E-state index in [4.69, 9.17) is 9.47 Å². The first-order valence-electron chi connectivity index (χ1n) is 5.11. The van der Waals surface area contributed by atoms with E-state index in [1.807, 2.05) is 26.0 Å². The Morgan fingerprint density at radius 3 is 3.00 bits per heavy atom. The zero-order valence-electron chi connectivity index (χ0n) is 9.49. The fourth-order valence-corrected chi connectivity index (χ4v) is 1.26. The average Bonchev–Trinajstić information content (AvgIpc) is 2.19. The van der Waals surface area contributed by atoms with Gasteiger partial charge >= 0.3 is 0 Å². The van der Waals surface area contributed by atoms with E-state index in [9.17, 15) is 0 Å². The Bertz CT molecular complexity index is 292. The Morgan fingerprint density at radius 2 is 2.33 bits per heavy atom. The van der Waals surface area contributed by atoms with Gasteiger partial charge in [-0.15, -0.1) is 0 Å². The van der Waals surface area contributed by atoms with E-state index in [0.29, 0.717) is 6.61 Å². The maximum Gasteiger partial charge on any atom is 0.129 e. The van der Waals surface area contributed by atoms with Crippen molar-refractivity contribution < 1.29 is 9.47 Å². The van der Waals surface area contributed by atoms with E-state index in [1.54, 1.807) is 13.3 Å². The van der Waals surface area contributed by atoms with Crippen molar-refractivity contribution in [2.75, 3.05) is 25.6 Å².